The number of nitrogens with one attached hydrogen (secondary N) is 1. The monoisotopic (exact) mass is 306 g/mol. The third-order valence-corrected chi connectivity index (χ3v) is 3.77. The molecule has 0 aliphatic carbocycles. The van der Waals surface area contributed by atoms with Crippen molar-refractivity contribution in [1.82, 2.24) is 4.98 Å². The van der Waals surface area contributed by atoms with Crippen LogP contribution in [0.2, 0.25) is 0 Å². The van der Waals surface area contributed by atoms with Gasteiger partial charge < -0.3 is 15.5 Å². The smallest absolute Gasteiger partial charge is 0.394 e. The van der Waals surface area contributed by atoms with E-state index in [0.29, 0.717) is 9.83 Å². The van der Waals surface area contributed by atoms with Gasteiger partial charge in [-0.05, 0) is 25.1 Å². The summed E-state index contributed by atoms with van der Waals surface area (Å²) in [5.74, 6) is 0. The Morgan fingerprint density at radius 2 is 1.90 bits per heavy atom. The van der Waals surface area contributed by atoms with Gasteiger partial charge in [0, 0.05) is 0 Å². The van der Waals surface area contributed by atoms with E-state index in [1.54, 1.807) is 6.92 Å². The molecule has 0 amide bonds. The lowest BCUT2D eigenvalue weighted by Crippen LogP contribution is -2.42. The van der Waals surface area contributed by atoms with Crippen molar-refractivity contribution in [3.05, 3.63) is 23.8 Å². The molecule has 1 heterocycles. The summed E-state index contributed by atoms with van der Waals surface area (Å²) in [7, 11) is 0. The first-order valence-corrected chi connectivity index (χ1v) is 6.57. The number of rotatable bonds is 4. The molecule has 20 heavy (non-hydrogen) atoms. The highest BCUT2D eigenvalue weighted by atomic mass is 32.1. The van der Waals surface area contributed by atoms with Gasteiger partial charge in [0.15, 0.2) is 5.13 Å². The van der Waals surface area contributed by atoms with Crippen LogP contribution in [0.1, 0.15) is 12.5 Å². The Labute approximate surface area is 116 Å². The van der Waals surface area contributed by atoms with Crippen LogP contribution in [0.5, 0.6) is 0 Å². The summed E-state index contributed by atoms with van der Waals surface area (Å²) in [6.45, 7) is 0.931. The topological polar surface area (TPSA) is 65.4 Å². The predicted molar refractivity (Wildman–Crippen MR) is 70.8 cm³/mol. The summed E-state index contributed by atoms with van der Waals surface area (Å²) in [5.41, 5.74) is -1.50. The number of nitrogens with zero attached hydrogens (tertiary/aromatic N) is 1. The van der Waals surface area contributed by atoms with Crippen molar-refractivity contribution < 1.29 is 23.4 Å². The molecule has 0 aliphatic rings. The molecule has 0 bridgehead atoms. The minimum Gasteiger partial charge on any atom is -0.394 e. The van der Waals surface area contributed by atoms with Crippen LogP contribution in [0, 0.1) is 0 Å². The molecule has 1 aromatic carbocycles. The van der Waals surface area contributed by atoms with Crippen molar-refractivity contribution in [2.45, 2.75) is 18.6 Å². The number of anilines is 1. The molecule has 2 aromatic rings. The van der Waals surface area contributed by atoms with E-state index in [2.05, 4.69) is 10.3 Å². The number of aliphatic hydroxyl groups is 2. The normalized spacial score (nSPS) is 12.9. The zero-order valence-electron chi connectivity index (χ0n) is 10.5. The maximum atomic E-state index is 12.6. The highest BCUT2D eigenvalue weighted by Gasteiger charge is 2.31. The molecule has 3 N–H and O–H groups in total. The van der Waals surface area contributed by atoms with Gasteiger partial charge in [0.2, 0.25) is 0 Å². The molecule has 1 aromatic heterocycles. The molecule has 4 nitrogen and oxygen atoms in total. The van der Waals surface area contributed by atoms with E-state index in [-0.39, 0.29) is 18.7 Å². The zero-order valence-corrected chi connectivity index (χ0v) is 11.3. The maximum absolute atomic E-state index is 12.6. The second-order valence-electron chi connectivity index (χ2n) is 4.70. The van der Waals surface area contributed by atoms with Crippen LogP contribution in [0.3, 0.4) is 0 Å². The fourth-order valence-corrected chi connectivity index (χ4v) is 2.54. The van der Waals surface area contributed by atoms with Gasteiger partial charge in [0.1, 0.15) is 0 Å². The highest BCUT2D eigenvalue weighted by Crippen LogP contribution is 2.34. The van der Waals surface area contributed by atoms with E-state index < -0.39 is 17.3 Å². The van der Waals surface area contributed by atoms with Crippen molar-refractivity contribution in [2.24, 2.45) is 0 Å². The Morgan fingerprint density at radius 3 is 2.45 bits per heavy atom. The van der Waals surface area contributed by atoms with E-state index in [1.807, 2.05) is 0 Å². The highest BCUT2D eigenvalue weighted by molar-refractivity contribution is 7.22. The van der Waals surface area contributed by atoms with E-state index in [0.717, 1.165) is 23.5 Å². The van der Waals surface area contributed by atoms with Crippen molar-refractivity contribution >= 4 is 26.7 Å². The van der Waals surface area contributed by atoms with E-state index in [9.17, 15) is 23.4 Å². The third-order valence-electron chi connectivity index (χ3n) is 2.82. The van der Waals surface area contributed by atoms with Crippen LogP contribution in [-0.2, 0) is 6.18 Å². The predicted octanol–water partition coefficient (Wildman–Crippen LogP) is 2.47. The van der Waals surface area contributed by atoms with Gasteiger partial charge in [-0.3, -0.25) is 0 Å². The fourth-order valence-electron chi connectivity index (χ4n) is 1.54. The molecule has 110 valence electrons. The molecule has 8 heteroatoms. The number of alkyl halides is 3. The second-order valence-corrected chi connectivity index (χ2v) is 5.73. The number of thiazole rings is 1. The minimum atomic E-state index is -4.41. The van der Waals surface area contributed by atoms with E-state index in [4.69, 9.17) is 0 Å². The molecule has 0 fully saturated rings. The van der Waals surface area contributed by atoms with Crippen molar-refractivity contribution in [3.63, 3.8) is 0 Å². The van der Waals surface area contributed by atoms with E-state index in [1.165, 1.54) is 6.07 Å². The fraction of sp³-hybridized carbons (Fsp3) is 0.417. The molecule has 2 rings (SSSR count). The van der Waals surface area contributed by atoms with Crippen LogP contribution in [0.25, 0.3) is 10.2 Å². The number of fused-ring (bicyclic) bond motifs is 1. The largest absolute Gasteiger partial charge is 0.416 e. The zero-order chi connectivity index (χ0) is 15.0. The summed E-state index contributed by atoms with van der Waals surface area (Å²) in [5, 5.41) is 21.5. The van der Waals surface area contributed by atoms with Gasteiger partial charge in [-0.25, -0.2) is 4.98 Å². The van der Waals surface area contributed by atoms with Gasteiger partial charge in [-0.2, -0.15) is 13.2 Å². The van der Waals surface area contributed by atoms with Crippen LogP contribution in [0.4, 0.5) is 18.3 Å². The molecule has 0 saturated heterocycles. The number of benzene rings is 1. The molecule has 0 aliphatic heterocycles. The first kappa shape index (κ1) is 15.0. The first-order valence-electron chi connectivity index (χ1n) is 5.75. The van der Waals surface area contributed by atoms with Gasteiger partial charge in [-0.1, -0.05) is 11.3 Å². The number of aliphatic hydroxyl groups excluding tert-OH is 2. The Kier molecular flexibility index (Phi) is 3.90. The Hall–Kier alpha value is -1.38. The minimum absolute atomic E-state index is 0.227. The molecule has 0 saturated carbocycles. The lowest BCUT2D eigenvalue weighted by molar-refractivity contribution is -0.137. The lowest BCUT2D eigenvalue weighted by Gasteiger charge is -2.25. The number of halogens is 3. The number of hydrogen-bond acceptors (Lipinski definition) is 5. The summed E-state index contributed by atoms with van der Waals surface area (Å²) in [4.78, 5) is 4.05. The molecule has 0 spiro atoms. The second kappa shape index (κ2) is 5.19. The number of hydrogen-bond donors (Lipinski definition) is 3. The van der Waals surface area contributed by atoms with Crippen LogP contribution in [-0.4, -0.2) is 33.9 Å². The standard InChI is InChI=1S/C12H13F3N2O2S/c1-11(5-18,6-19)17-10-16-8-4-7(12(13,14)15)2-3-9(8)20-10/h2-4,18-19H,5-6H2,1H3,(H,16,17). The lowest BCUT2D eigenvalue weighted by atomic mass is 10.1. The molecular weight excluding hydrogens is 293 g/mol. The SMILES string of the molecule is CC(CO)(CO)Nc1nc2cc(C(F)(F)F)ccc2s1. The molecule has 0 unspecified atom stereocenters. The van der Waals surface area contributed by atoms with Crippen molar-refractivity contribution in [2.75, 3.05) is 18.5 Å². The van der Waals surface area contributed by atoms with Gasteiger partial charge in [-0.15, -0.1) is 0 Å². The summed E-state index contributed by atoms with van der Waals surface area (Å²) < 4.78 is 38.4. The summed E-state index contributed by atoms with van der Waals surface area (Å²) in [6.07, 6.45) is -4.41. The Balaban J connectivity index is 2.35. The molecule has 0 atom stereocenters. The molecule has 0 radical (unpaired) electrons. The van der Waals surface area contributed by atoms with E-state index >= 15 is 0 Å². The van der Waals surface area contributed by atoms with Crippen molar-refractivity contribution in [3.8, 4) is 0 Å². The van der Waals surface area contributed by atoms with Gasteiger partial charge in [0.05, 0.1) is 34.5 Å². The Bertz CT molecular complexity index is 608. The summed E-state index contributed by atoms with van der Waals surface area (Å²) >= 11 is 1.16. The average molecular weight is 306 g/mol. The van der Waals surface area contributed by atoms with Crippen LogP contribution >= 0.6 is 11.3 Å². The number of aromatic nitrogens is 1. The average Bonchev–Trinajstić information content (AvgIpc) is 2.78. The van der Waals surface area contributed by atoms with Crippen LogP contribution < -0.4 is 5.32 Å². The van der Waals surface area contributed by atoms with Crippen molar-refractivity contribution in [1.29, 1.82) is 0 Å². The summed E-state index contributed by atoms with van der Waals surface area (Å²) in [6, 6.07) is 3.34. The Morgan fingerprint density at radius 1 is 1.25 bits per heavy atom. The van der Waals surface area contributed by atoms with Gasteiger partial charge >= 0.3 is 6.18 Å². The quantitative estimate of drug-likeness (QED) is 0.812. The maximum Gasteiger partial charge on any atom is 0.416 e. The van der Waals surface area contributed by atoms with Gasteiger partial charge in [0.25, 0.3) is 0 Å². The first-order chi connectivity index (χ1) is 9.27. The molecular formula is C12H13F3N2O2S. The third kappa shape index (κ3) is 3.02. The van der Waals surface area contributed by atoms with Crippen LogP contribution in [0.15, 0.2) is 18.2 Å².